The van der Waals surface area contributed by atoms with Crippen LogP contribution in [-0.2, 0) is 9.53 Å². The average Bonchev–Trinajstić information content (AvgIpc) is 2.75. The number of hydrogen-bond donors (Lipinski definition) is 1. The fourth-order valence-electron chi connectivity index (χ4n) is 2.56. The Morgan fingerprint density at radius 3 is 2.65 bits per heavy atom. The SMILES string of the molecule is Cc1ccc([C@@H]2CNC[C@H]2C(=O)OC(C)(C)C)c(Br)c1. The summed E-state index contributed by atoms with van der Waals surface area (Å²) in [4.78, 5) is 12.3. The summed E-state index contributed by atoms with van der Waals surface area (Å²) >= 11 is 3.62. The van der Waals surface area contributed by atoms with Crippen LogP contribution in [0.15, 0.2) is 22.7 Å². The second-order valence-electron chi connectivity index (χ2n) is 6.43. The van der Waals surface area contributed by atoms with Crippen molar-refractivity contribution >= 4 is 21.9 Å². The van der Waals surface area contributed by atoms with E-state index in [0.717, 1.165) is 11.0 Å². The van der Waals surface area contributed by atoms with Gasteiger partial charge in [0.2, 0.25) is 0 Å². The van der Waals surface area contributed by atoms with Crippen LogP contribution in [0.1, 0.15) is 37.8 Å². The highest BCUT2D eigenvalue weighted by molar-refractivity contribution is 9.10. The highest BCUT2D eigenvalue weighted by atomic mass is 79.9. The molecule has 1 aliphatic heterocycles. The Balaban J connectivity index is 2.21. The van der Waals surface area contributed by atoms with Crippen molar-refractivity contribution in [1.82, 2.24) is 5.32 Å². The Kier molecular flexibility index (Phi) is 4.55. The fourth-order valence-corrected chi connectivity index (χ4v) is 3.35. The van der Waals surface area contributed by atoms with Crippen LogP contribution in [0.2, 0.25) is 0 Å². The maximum atomic E-state index is 12.3. The lowest BCUT2D eigenvalue weighted by Crippen LogP contribution is -2.31. The molecule has 0 saturated carbocycles. The predicted octanol–water partition coefficient (Wildman–Crippen LogP) is 3.40. The number of hydrogen-bond acceptors (Lipinski definition) is 3. The number of rotatable bonds is 2. The van der Waals surface area contributed by atoms with Gasteiger partial charge in [0, 0.05) is 23.5 Å². The number of nitrogens with one attached hydrogen (secondary N) is 1. The second kappa shape index (κ2) is 5.86. The summed E-state index contributed by atoms with van der Waals surface area (Å²) < 4.78 is 6.61. The van der Waals surface area contributed by atoms with Gasteiger partial charge >= 0.3 is 5.97 Å². The molecule has 110 valence electrons. The van der Waals surface area contributed by atoms with Crippen LogP contribution in [0, 0.1) is 12.8 Å². The zero-order chi connectivity index (χ0) is 14.9. The van der Waals surface area contributed by atoms with E-state index in [1.54, 1.807) is 0 Å². The number of aryl methyl sites for hydroxylation is 1. The van der Waals surface area contributed by atoms with E-state index in [1.165, 1.54) is 11.1 Å². The fraction of sp³-hybridized carbons (Fsp3) is 0.562. The first-order valence-corrected chi connectivity index (χ1v) is 7.77. The van der Waals surface area contributed by atoms with Crippen molar-refractivity contribution in [3.8, 4) is 0 Å². The molecule has 1 saturated heterocycles. The third-order valence-corrected chi connectivity index (χ3v) is 4.17. The van der Waals surface area contributed by atoms with Crippen LogP contribution in [0.4, 0.5) is 0 Å². The molecular formula is C16H22BrNO2. The van der Waals surface area contributed by atoms with E-state index >= 15 is 0 Å². The summed E-state index contributed by atoms with van der Waals surface area (Å²) in [7, 11) is 0. The number of esters is 1. The molecule has 0 radical (unpaired) electrons. The Morgan fingerprint density at radius 1 is 1.35 bits per heavy atom. The van der Waals surface area contributed by atoms with Gasteiger partial charge in [0.15, 0.2) is 0 Å². The van der Waals surface area contributed by atoms with Gasteiger partial charge in [-0.2, -0.15) is 0 Å². The second-order valence-corrected chi connectivity index (χ2v) is 7.28. The standard InChI is InChI=1S/C16H22BrNO2/c1-10-5-6-11(14(17)7-10)12-8-18-9-13(12)15(19)20-16(2,3)4/h5-7,12-13,18H,8-9H2,1-4H3/t12-,13+/m0/s1. The van der Waals surface area contributed by atoms with E-state index < -0.39 is 5.60 Å². The molecule has 1 fully saturated rings. The average molecular weight is 340 g/mol. The molecule has 3 nitrogen and oxygen atoms in total. The minimum Gasteiger partial charge on any atom is -0.460 e. The summed E-state index contributed by atoms with van der Waals surface area (Å²) in [5.41, 5.74) is 1.95. The maximum absolute atomic E-state index is 12.3. The van der Waals surface area contributed by atoms with Crippen molar-refractivity contribution in [2.45, 2.75) is 39.2 Å². The molecular weight excluding hydrogens is 318 g/mol. The Hall–Kier alpha value is -0.870. The molecule has 1 aromatic carbocycles. The third-order valence-electron chi connectivity index (χ3n) is 3.48. The van der Waals surface area contributed by atoms with E-state index in [0.29, 0.717) is 6.54 Å². The number of carbonyl (C=O) groups is 1. The van der Waals surface area contributed by atoms with Gasteiger partial charge in [0.05, 0.1) is 5.92 Å². The molecule has 0 aliphatic carbocycles. The molecule has 20 heavy (non-hydrogen) atoms. The zero-order valence-corrected chi connectivity index (χ0v) is 14.1. The first kappa shape index (κ1) is 15.5. The van der Waals surface area contributed by atoms with Gasteiger partial charge < -0.3 is 10.1 Å². The molecule has 0 aromatic heterocycles. The lowest BCUT2D eigenvalue weighted by Gasteiger charge is -2.25. The van der Waals surface area contributed by atoms with E-state index in [1.807, 2.05) is 20.8 Å². The minimum absolute atomic E-state index is 0.111. The van der Waals surface area contributed by atoms with Gasteiger partial charge in [-0.05, 0) is 44.9 Å². The van der Waals surface area contributed by atoms with E-state index in [-0.39, 0.29) is 17.8 Å². The van der Waals surface area contributed by atoms with Crippen molar-refractivity contribution in [2.75, 3.05) is 13.1 Å². The molecule has 1 heterocycles. The normalized spacial score (nSPS) is 22.9. The number of ether oxygens (including phenoxy) is 1. The van der Waals surface area contributed by atoms with Crippen molar-refractivity contribution in [3.63, 3.8) is 0 Å². The molecule has 2 atom stereocenters. The monoisotopic (exact) mass is 339 g/mol. The quantitative estimate of drug-likeness (QED) is 0.839. The summed E-state index contributed by atoms with van der Waals surface area (Å²) in [6, 6.07) is 6.29. The van der Waals surface area contributed by atoms with Crippen molar-refractivity contribution in [3.05, 3.63) is 33.8 Å². The van der Waals surface area contributed by atoms with Crippen molar-refractivity contribution in [2.24, 2.45) is 5.92 Å². The van der Waals surface area contributed by atoms with E-state index in [9.17, 15) is 4.79 Å². The number of carbonyl (C=O) groups excluding carboxylic acids is 1. The molecule has 0 unspecified atom stereocenters. The number of halogens is 1. The molecule has 1 aromatic rings. The predicted molar refractivity (Wildman–Crippen MR) is 83.8 cm³/mol. The highest BCUT2D eigenvalue weighted by Crippen LogP contribution is 2.34. The van der Waals surface area contributed by atoms with Gasteiger partial charge in [-0.25, -0.2) is 0 Å². The topological polar surface area (TPSA) is 38.3 Å². The molecule has 1 aliphatic rings. The van der Waals surface area contributed by atoms with Gasteiger partial charge in [-0.3, -0.25) is 4.79 Å². The summed E-state index contributed by atoms with van der Waals surface area (Å²) in [5, 5.41) is 3.31. The van der Waals surface area contributed by atoms with Crippen molar-refractivity contribution in [1.29, 1.82) is 0 Å². The molecule has 1 N–H and O–H groups in total. The molecule has 2 rings (SSSR count). The van der Waals surface area contributed by atoms with Crippen LogP contribution >= 0.6 is 15.9 Å². The van der Waals surface area contributed by atoms with E-state index in [2.05, 4.69) is 46.4 Å². The molecule has 0 spiro atoms. The number of benzene rings is 1. The van der Waals surface area contributed by atoms with E-state index in [4.69, 9.17) is 4.74 Å². The van der Waals surface area contributed by atoms with Crippen molar-refractivity contribution < 1.29 is 9.53 Å². The summed E-state index contributed by atoms with van der Waals surface area (Å²) in [6.45, 7) is 9.27. The first-order valence-electron chi connectivity index (χ1n) is 6.97. The van der Waals surface area contributed by atoms with Crippen LogP contribution < -0.4 is 5.32 Å². The first-order chi connectivity index (χ1) is 9.28. The van der Waals surface area contributed by atoms with Gasteiger partial charge in [-0.1, -0.05) is 28.1 Å². The van der Waals surface area contributed by atoms with Gasteiger partial charge in [-0.15, -0.1) is 0 Å². The maximum Gasteiger partial charge on any atom is 0.311 e. The highest BCUT2D eigenvalue weighted by Gasteiger charge is 2.37. The van der Waals surface area contributed by atoms with Crippen LogP contribution in [0.5, 0.6) is 0 Å². The van der Waals surface area contributed by atoms with Gasteiger partial charge in [0.25, 0.3) is 0 Å². The van der Waals surface area contributed by atoms with Crippen LogP contribution in [-0.4, -0.2) is 24.7 Å². The summed E-state index contributed by atoms with van der Waals surface area (Å²) in [5.74, 6) is -0.0620. The zero-order valence-electron chi connectivity index (χ0n) is 12.5. The lowest BCUT2D eigenvalue weighted by molar-refractivity contribution is -0.159. The molecule has 4 heteroatoms. The lowest BCUT2D eigenvalue weighted by atomic mass is 9.88. The Bertz CT molecular complexity index is 508. The van der Waals surface area contributed by atoms with Crippen LogP contribution in [0.3, 0.4) is 0 Å². The Morgan fingerprint density at radius 2 is 2.05 bits per heavy atom. The van der Waals surface area contributed by atoms with Gasteiger partial charge in [0.1, 0.15) is 5.60 Å². The third kappa shape index (κ3) is 3.61. The minimum atomic E-state index is -0.436. The Labute approximate surface area is 129 Å². The van der Waals surface area contributed by atoms with Crippen LogP contribution in [0.25, 0.3) is 0 Å². The summed E-state index contributed by atoms with van der Waals surface area (Å²) in [6.07, 6.45) is 0. The smallest absolute Gasteiger partial charge is 0.311 e. The molecule has 0 amide bonds. The molecule has 0 bridgehead atoms. The largest absolute Gasteiger partial charge is 0.460 e.